The molecule has 1 saturated heterocycles. The Balaban J connectivity index is 1.53. The smallest absolute Gasteiger partial charge is 0.311 e. The zero-order valence-corrected chi connectivity index (χ0v) is 15.6. The van der Waals surface area contributed by atoms with Gasteiger partial charge in [0.1, 0.15) is 0 Å². The summed E-state index contributed by atoms with van der Waals surface area (Å²) in [7, 11) is 0. The average molecular weight is 377 g/mol. The average Bonchev–Trinajstić information content (AvgIpc) is 3.20. The monoisotopic (exact) mass is 377 g/mol. The summed E-state index contributed by atoms with van der Waals surface area (Å²) >= 11 is 0. The fourth-order valence-electron chi connectivity index (χ4n) is 4.07. The lowest BCUT2D eigenvalue weighted by atomic mass is 9.75. The third kappa shape index (κ3) is 3.50. The molecule has 3 aromatic rings. The molecule has 0 unspecified atom stereocenters. The number of aliphatic carboxylic acids is 1. The highest BCUT2D eigenvalue weighted by Crippen LogP contribution is 2.36. The first-order valence-corrected chi connectivity index (χ1v) is 9.57. The Morgan fingerprint density at radius 1 is 1.18 bits per heavy atom. The van der Waals surface area contributed by atoms with Gasteiger partial charge in [0.05, 0.1) is 22.8 Å². The first-order valence-electron chi connectivity index (χ1n) is 9.57. The Labute approximate surface area is 163 Å². The quantitative estimate of drug-likeness (QED) is 0.712. The summed E-state index contributed by atoms with van der Waals surface area (Å²) in [6.45, 7) is 0.829. The van der Waals surface area contributed by atoms with E-state index in [0.717, 1.165) is 16.6 Å². The van der Waals surface area contributed by atoms with Crippen molar-refractivity contribution in [2.75, 3.05) is 13.1 Å². The van der Waals surface area contributed by atoms with Gasteiger partial charge in [-0.1, -0.05) is 30.3 Å². The van der Waals surface area contributed by atoms with Crippen LogP contribution in [0.4, 0.5) is 0 Å². The predicted octanol–water partition coefficient (Wildman–Crippen LogP) is 3.50. The molecule has 1 fully saturated rings. The van der Waals surface area contributed by atoms with E-state index < -0.39 is 11.4 Å². The van der Waals surface area contributed by atoms with Crippen molar-refractivity contribution < 1.29 is 14.7 Å². The van der Waals surface area contributed by atoms with E-state index in [1.807, 2.05) is 36.4 Å². The summed E-state index contributed by atoms with van der Waals surface area (Å²) in [6, 6.07) is 15.3. The highest BCUT2D eigenvalue weighted by molar-refractivity contribution is 5.97. The van der Waals surface area contributed by atoms with Crippen LogP contribution in [0.15, 0.2) is 54.9 Å². The van der Waals surface area contributed by atoms with Gasteiger partial charge in [-0.2, -0.15) is 0 Å². The Hall–Kier alpha value is -3.15. The molecule has 1 amide bonds. The van der Waals surface area contributed by atoms with Crippen molar-refractivity contribution in [1.82, 2.24) is 14.9 Å². The maximum Gasteiger partial charge on any atom is 0.311 e. The molecule has 2 aromatic carbocycles. The van der Waals surface area contributed by atoms with E-state index >= 15 is 0 Å². The summed E-state index contributed by atoms with van der Waals surface area (Å²) in [4.78, 5) is 34.1. The van der Waals surface area contributed by atoms with Crippen molar-refractivity contribution in [3.05, 3.63) is 66.0 Å². The number of nitrogens with one attached hydrogen (secondary N) is 1. The number of aromatic amines is 1. The number of likely N-dealkylation sites (tertiary alicyclic amines) is 1. The molecule has 0 saturated carbocycles. The standard InChI is InChI=1S/C22H23N3O3/c26-20(17-7-8-18-19(13-17)24-15-23-18)25-12-4-10-22(14-25,21(27)28)11-9-16-5-2-1-3-6-16/h1-3,5-8,13,15H,4,9-12,14H2,(H,23,24)(H,27,28)/t22-/m0/s1. The van der Waals surface area contributed by atoms with E-state index in [-0.39, 0.29) is 12.5 Å². The number of carbonyl (C=O) groups is 2. The van der Waals surface area contributed by atoms with Crippen molar-refractivity contribution in [2.24, 2.45) is 5.41 Å². The maximum atomic E-state index is 13.0. The fraction of sp³-hybridized carbons (Fsp3) is 0.318. The second kappa shape index (κ2) is 7.46. The number of piperidine rings is 1. The van der Waals surface area contributed by atoms with Crippen molar-refractivity contribution in [2.45, 2.75) is 25.7 Å². The SMILES string of the molecule is O=C(c1ccc2nc[nH]c2c1)N1CCC[C@@](CCc2ccccc2)(C(=O)O)C1. The van der Waals surface area contributed by atoms with E-state index in [1.165, 1.54) is 0 Å². The van der Waals surface area contributed by atoms with Gasteiger partial charge in [-0.05, 0) is 49.4 Å². The number of H-pyrrole nitrogens is 1. The van der Waals surface area contributed by atoms with E-state index in [9.17, 15) is 14.7 Å². The molecule has 1 aliphatic rings. The molecule has 1 atom stereocenters. The molecule has 6 heteroatoms. The number of nitrogens with zero attached hydrogens (tertiary/aromatic N) is 2. The number of carbonyl (C=O) groups excluding carboxylic acids is 1. The van der Waals surface area contributed by atoms with Crippen LogP contribution < -0.4 is 0 Å². The van der Waals surface area contributed by atoms with E-state index in [2.05, 4.69) is 9.97 Å². The molecule has 0 aliphatic carbocycles. The number of fused-ring (bicyclic) bond motifs is 1. The largest absolute Gasteiger partial charge is 0.481 e. The summed E-state index contributed by atoms with van der Waals surface area (Å²) in [5.41, 5.74) is 2.38. The lowest BCUT2D eigenvalue weighted by Gasteiger charge is -2.40. The van der Waals surface area contributed by atoms with Crippen LogP contribution in [0.1, 0.15) is 35.2 Å². The van der Waals surface area contributed by atoms with Crippen LogP contribution in [0, 0.1) is 5.41 Å². The molecule has 0 radical (unpaired) electrons. The Morgan fingerprint density at radius 3 is 2.79 bits per heavy atom. The van der Waals surface area contributed by atoms with E-state index in [1.54, 1.807) is 23.4 Å². The first-order chi connectivity index (χ1) is 13.6. The number of carboxylic acid groups (broad SMARTS) is 1. The van der Waals surface area contributed by atoms with E-state index in [4.69, 9.17) is 0 Å². The van der Waals surface area contributed by atoms with Crippen LogP contribution >= 0.6 is 0 Å². The number of hydrogen-bond acceptors (Lipinski definition) is 3. The minimum Gasteiger partial charge on any atom is -0.481 e. The van der Waals surface area contributed by atoms with Crippen molar-refractivity contribution in [3.8, 4) is 0 Å². The second-order valence-corrected chi connectivity index (χ2v) is 7.54. The number of amides is 1. The van der Waals surface area contributed by atoms with Crippen molar-refractivity contribution in [3.63, 3.8) is 0 Å². The summed E-state index contributed by atoms with van der Waals surface area (Å²) < 4.78 is 0. The molecule has 1 aliphatic heterocycles. The first kappa shape index (κ1) is 18.2. The highest BCUT2D eigenvalue weighted by Gasteiger charge is 2.43. The lowest BCUT2D eigenvalue weighted by molar-refractivity contribution is -0.152. The second-order valence-electron chi connectivity index (χ2n) is 7.54. The van der Waals surface area contributed by atoms with Gasteiger partial charge in [-0.25, -0.2) is 4.98 Å². The zero-order valence-electron chi connectivity index (χ0n) is 15.6. The number of aromatic nitrogens is 2. The maximum absolute atomic E-state index is 13.0. The number of rotatable bonds is 5. The molecule has 28 heavy (non-hydrogen) atoms. The van der Waals surface area contributed by atoms with Crippen LogP contribution in [0.3, 0.4) is 0 Å². The van der Waals surface area contributed by atoms with Gasteiger partial charge in [0.25, 0.3) is 5.91 Å². The van der Waals surface area contributed by atoms with Gasteiger partial charge in [-0.15, -0.1) is 0 Å². The molecule has 6 nitrogen and oxygen atoms in total. The molecule has 4 rings (SSSR count). The van der Waals surface area contributed by atoms with Crippen LogP contribution in [-0.2, 0) is 11.2 Å². The fourth-order valence-corrected chi connectivity index (χ4v) is 4.07. The number of aryl methyl sites for hydroxylation is 1. The summed E-state index contributed by atoms with van der Waals surface area (Å²) in [5, 5.41) is 10.00. The van der Waals surface area contributed by atoms with Crippen molar-refractivity contribution >= 4 is 22.9 Å². The van der Waals surface area contributed by atoms with Gasteiger partial charge in [0.2, 0.25) is 0 Å². The molecule has 0 bridgehead atoms. The predicted molar refractivity (Wildman–Crippen MR) is 106 cm³/mol. The Bertz CT molecular complexity index is 998. The molecule has 2 heterocycles. The van der Waals surface area contributed by atoms with Crippen LogP contribution in [0.5, 0.6) is 0 Å². The number of benzene rings is 2. The lowest BCUT2D eigenvalue weighted by Crippen LogP contribution is -2.50. The van der Waals surface area contributed by atoms with Gasteiger partial charge in [0.15, 0.2) is 0 Å². The molecule has 1 aromatic heterocycles. The van der Waals surface area contributed by atoms with E-state index in [0.29, 0.717) is 37.8 Å². The van der Waals surface area contributed by atoms with Crippen LogP contribution in [0.25, 0.3) is 11.0 Å². The normalized spacial score (nSPS) is 19.6. The minimum absolute atomic E-state index is 0.124. The summed E-state index contributed by atoms with van der Waals surface area (Å²) in [5.74, 6) is -0.938. The van der Waals surface area contributed by atoms with Gasteiger partial charge < -0.3 is 15.0 Å². The van der Waals surface area contributed by atoms with Gasteiger partial charge >= 0.3 is 5.97 Å². The topological polar surface area (TPSA) is 86.3 Å². The minimum atomic E-state index is -0.901. The number of carboxylic acids is 1. The Morgan fingerprint density at radius 2 is 2.00 bits per heavy atom. The molecular formula is C22H23N3O3. The highest BCUT2D eigenvalue weighted by atomic mass is 16.4. The van der Waals surface area contributed by atoms with Gasteiger partial charge in [-0.3, -0.25) is 9.59 Å². The Kier molecular flexibility index (Phi) is 4.86. The third-order valence-electron chi connectivity index (χ3n) is 5.72. The van der Waals surface area contributed by atoms with Crippen molar-refractivity contribution in [1.29, 1.82) is 0 Å². The number of imidazole rings is 1. The molecule has 0 spiro atoms. The zero-order chi connectivity index (χ0) is 19.6. The van der Waals surface area contributed by atoms with Gasteiger partial charge in [0, 0.05) is 18.7 Å². The molecular weight excluding hydrogens is 354 g/mol. The summed E-state index contributed by atoms with van der Waals surface area (Å²) in [6.07, 6.45) is 4.10. The molecule has 144 valence electrons. The molecule has 2 N–H and O–H groups in total. The number of hydrogen-bond donors (Lipinski definition) is 2. The van der Waals surface area contributed by atoms with Crippen LogP contribution in [-0.4, -0.2) is 44.9 Å². The third-order valence-corrected chi connectivity index (χ3v) is 5.72. The van der Waals surface area contributed by atoms with Crippen LogP contribution in [0.2, 0.25) is 0 Å².